The Bertz CT molecular complexity index is 815. The first-order valence-electron chi connectivity index (χ1n) is 8.66. The highest BCUT2D eigenvalue weighted by Gasteiger charge is 2.31. The van der Waals surface area contributed by atoms with Crippen molar-refractivity contribution >= 4 is 5.91 Å². The van der Waals surface area contributed by atoms with E-state index in [0.717, 1.165) is 19.3 Å². The average Bonchev–Trinajstić information content (AvgIpc) is 3.09. The van der Waals surface area contributed by atoms with Crippen molar-refractivity contribution in [3.05, 3.63) is 53.0 Å². The van der Waals surface area contributed by atoms with Crippen LogP contribution in [0.15, 0.2) is 22.6 Å². The van der Waals surface area contributed by atoms with E-state index in [1.807, 2.05) is 13.8 Å². The molecule has 0 aliphatic carbocycles. The number of carbonyl (C=O) groups is 1. The van der Waals surface area contributed by atoms with Gasteiger partial charge in [-0.2, -0.15) is 8.78 Å². The van der Waals surface area contributed by atoms with Crippen LogP contribution in [-0.2, 0) is 6.61 Å². The summed E-state index contributed by atoms with van der Waals surface area (Å²) in [5.74, 6) is -7.68. The molecule has 0 saturated carbocycles. The number of rotatable bonds is 4. The van der Waals surface area contributed by atoms with Crippen molar-refractivity contribution in [1.29, 1.82) is 0 Å². The Hall–Kier alpha value is -2.51. The highest BCUT2D eigenvalue weighted by molar-refractivity contribution is 5.92. The smallest absolute Gasteiger partial charge is 0.290 e. The summed E-state index contributed by atoms with van der Waals surface area (Å²) in [6, 6.07) is 3.10. The maximum absolute atomic E-state index is 13.6. The van der Waals surface area contributed by atoms with Gasteiger partial charge in [-0.1, -0.05) is 0 Å². The average molecular weight is 385 g/mol. The molecule has 1 amide bonds. The van der Waals surface area contributed by atoms with Gasteiger partial charge in [0.1, 0.15) is 12.4 Å². The van der Waals surface area contributed by atoms with Gasteiger partial charge in [-0.15, -0.1) is 0 Å². The van der Waals surface area contributed by atoms with E-state index in [0.29, 0.717) is 0 Å². The molecule has 146 valence electrons. The zero-order chi connectivity index (χ0) is 19.7. The topological polar surface area (TPSA) is 42.7 Å². The minimum absolute atomic E-state index is 0.0700. The number of nitrogens with zero attached hydrogens (tertiary/aromatic N) is 1. The number of likely N-dealkylation sites (tertiary alicyclic amines) is 1. The SMILES string of the molecule is C[C@H]1CCC[C@H](C)N1C(=O)c1ccc(COc2c(F)c(F)cc(F)c2F)o1. The third-order valence-corrected chi connectivity index (χ3v) is 4.73. The van der Waals surface area contributed by atoms with Crippen LogP contribution in [0.5, 0.6) is 5.75 Å². The molecule has 27 heavy (non-hydrogen) atoms. The van der Waals surface area contributed by atoms with E-state index >= 15 is 0 Å². The van der Waals surface area contributed by atoms with E-state index in [1.54, 1.807) is 4.90 Å². The number of ether oxygens (including phenoxy) is 1. The molecule has 0 N–H and O–H groups in total. The fourth-order valence-corrected chi connectivity index (χ4v) is 3.34. The highest BCUT2D eigenvalue weighted by Crippen LogP contribution is 2.28. The lowest BCUT2D eigenvalue weighted by molar-refractivity contribution is 0.0474. The van der Waals surface area contributed by atoms with Crippen molar-refractivity contribution in [2.45, 2.75) is 51.8 Å². The molecule has 2 heterocycles. The number of furan rings is 1. The number of amides is 1. The Morgan fingerprint density at radius 2 is 1.70 bits per heavy atom. The molecule has 2 atom stereocenters. The predicted molar refractivity (Wildman–Crippen MR) is 88.3 cm³/mol. The lowest BCUT2D eigenvalue weighted by Crippen LogP contribution is -2.47. The number of carbonyl (C=O) groups excluding carboxylic acids is 1. The summed E-state index contributed by atoms with van der Waals surface area (Å²) in [5, 5.41) is 0. The van der Waals surface area contributed by atoms with E-state index < -0.39 is 35.6 Å². The Kier molecular flexibility index (Phi) is 5.43. The molecule has 1 aliphatic rings. The van der Waals surface area contributed by atoms with Crippen molar-refractivity contribution in [2.75, 3.05) is 0 Å². The molecule has 0 bridgehead atoms. The monoisotopic (exact) mass is 385 g/mol. The molecule has 1 fully saturated rings. The van der Waals surface area contributed by atoms with Crippen LogP contribution in [0.2, 0.25) is 0 Å². The molecular formula is C19H19F4NO3. The third kappa shape index (κ3) is 3.79. The summed E-state index contributed by atoms with van der Waals surface area (Å²) >= 11 is 0. The summed E-state index contributed by atoms with van der Waals surface area (Å²) in [5.41, 5.74) is 0. The summed E-state index contributed by atoms with van der Waals surface area (Å²) < 4.78 is 63.9. The van der Waals surface area contributed by atoms with Crippen molar-refractivity contribution in [2.24, 2.45) is 0 Å². The van der Waals surface area contributed by atoms with Gasteiger partial charge in [0.15, 0.2) is 23.1 Å². The largest absolute Gasteiger partial charge is 0.479 e. The number of hydrogen-bond donors (Lipinski definition) is 0. The van der Waals surface area contributed by atoms with Gasteiger partial charge in [-0.3, -0.25) is 4.79 Å². The molecule has 3 rings (SSSR count). The molecular weight excluding hydrogens is 366 g/mol. The van der Waals surface area contributed by atoms with Crippen LogP contribution in [0, 0.1) is 23.3 Å². The number of benzene rings is 1. The molecule has 4 nitrogen and oxygen atoms in total. The lowest BCUT2D eigenvalue weighted by Gasteiger charge is -2.38. The Labute approximate surface area is 153 Å². The van der Waals surface area contributed by atoms with Gasteiger partial charge in [-0.25, -0.2) is 8.78 Å². The first-order chi connectivity index (χ1) is 12.8. The number of piperidine rings is 1. The second kappa shape index (κ2) is 7.62. The second-order valence-corrected chi connectivity index (χ2v) is 6.69. The van der Waals surface area contributed by atoms with Crippen molar-refractivity contribution < 1.29 is 31.5 Å². The second-order valence-electron chi connectivity index (χ2n) is 6.69. The standard InChI is InChI=1S/C19H19F4NO3/c1-10-4-3-5-11(2)24(10)19(25)15-7-6-12(27-15)9-26-18-16(22)13(20)8-14(21)17(18)23/h6-8,10-11H,3-5,9H2,1-2H3/t10-,11-/m0/s1. The van der Waals surface area contributed by atoms with Crippen LogP contribution >= 0.6 is 0 Å². The molecule has 1 aliphatic heterocycles. The van der Waals surface area contributed by atoms with Gasteiger partial charge in [0, 0.05) is 18.2 Å². The van der Waals surface area contributed by atoms with Crippen molar-refractivity contribution in [3.63, 3.8) is 0 Å². The number of hydrogen-bond acceptors (Lipinski definition) is 3. The van der Waals surface area contributed by atoms with Crippen molar-refractivity contribution in [3.8, 4) is 5.75 Å². The minimum Gasteiger partial charge on any atom is -0.479 e. The normalized spacial score (nSPS) is 20.0. The van der Waals surface area contributed by atoms with E-state index in [9.17, 15) is 22.4 Å². The van der Waals surface area contributed by atoms with Crippen LogP contribution in [0.25, 0.3) is 0 Å². The van der Waals surface area contributed by atoms with Gasteiger partial charge in [0.05, 0.1) is 0 Å². The van der Waals surface area contributed by atoms with Crippen LogP contribution in [0.3, 0.4) is 0 Å². The third-order valence-electron chi connectivity index (χ3n) is 4.73. The molecule has 1 aromatic carbocycles. The van der Waals surface area contributed by atoms with Gasteiger partial charge in [0.25, 0.3) is 5.91 Å². The predicted octanol–water partition coefficient (Wildman–Crippen LogP) is 4.82. The van der Waals surface area contributed by atoms with Crippen LogP contribution < -0.4 is 4.74 Å². The molecule has 2 aromatic rings. The van der Waals surface area contributed by atoms with E-state index in [1.165, 1.54) is 12.1 Å². The summed E-state index contributed by atoms with van der Waals surface area (Å²) in [4.78, 5) is 14.4. The van der Waals surface area contributed by atoms with E-state index in [2.05, 4.69) is 0 Å². The summed E-state index contributed by atoms with van der Waals surface area (Å²) in [7, 11) is 0. The molecule has 8 heteroatoms. The zero-order valence-corrected chi connectivity index (χ0v) is 14.9. The minimum atomic E-state index is -1.63. The van der Waals surface area contributed by atoms with Gasteiger partial charge < -0.3 is 14.1 Å². The molecule has 1 aromatic heterocycles. The van der Waals surface area contributed by atoms with Gasteiger partial charge >= 0.3 is 0 Å². The maximum atomic E-state index is 13.6. The Morgan fingerprint density at radius 3 is 2.30 bits per heavy atom. The van der Waals surface area contributed by atoms with Gasteiger partial charge in [0.2, 0.25) is 11.6 Å². The Morgan fingerprint density at radius 1 is 1.11 bits per heavy atom. The molecule has 0 unspecified atom stereocenters. The first kappa shape index (κ1) is 19.3. The summed E-state index contributed by atoms with van der Waals surface area (Å²) in [6.07, 6.45) is 2.84. The lowest BCUT2D eigenvalue weighted by atomic mass is 9.97. The Balaban J connectivity index is 1.73. The fourth-order valence-electron chi connectivity index (χ4n) is 3.34. The van der Waals surface area contributed by atoms with Crippen LogP contribution in [0.4, 0.5) is 17.6 Å². The van der Waals surface area contributed by atoms with Gasteiger partial charge in [-0.05, 0) is 45.2 Å². The quantitative estimate of drug-likeness (QED) is 0.560. The number of halogens is 4. The highest BCUT2D eigenvalue weighted by atomic mass is 19.2. The van der Waals surface area contributed by atoms with E-state index in [4.69, 9.17) is 9.15 Å². The van der Waals surface area contributed by atoms with E-state index in [-0.39, 0.29) is 35.6 Å². The molecule has 0 spiro atoms. The molecule has 1 saturated heterocycles. The van der Waals surface area contributed by atoms with Crippen molar-refractivity contribution in [1.82, 2.24) is 4.90 Å². The van der Waals surface area contributed by atoms with Crippen LogP contribution in [0.1, 0.15) is 49.4 Å². The fraction of sp³-hybridized carbons (Fsp3) is 0.421. The summed E-state index contributed by atoms with van der Waals surface area (Å²) in [6.45, 7) is 3.43. The maximum Gasteiger partial charge on any atom is 0.290 e. The molecule has 0 radical (unpaired) electrons. The zero-order valence-electron chi connectivity index (χ0n) is 14.9. The van der Waals surface area contributed by atoms with Crippen LogP contribution in [-0.4, -0.2) is 22.9 Å². The first-order valence-corrected chi connectivity index (χ1v) is 8.66.